The molecule has 4 aromatic rings. The van der Waals surface area contributed by atoms with E-state index in [-0.39, 0.29) is 22.8 Å². The van der Waals surface area contributed by atoms with E-state index >= 15 is 0 Å². The monoisotopic (exact) mass is 465 g/mol. The molecule has 0 aliphatic carbocycles. The standard InChI is InChI=1S/C21H16F5N5O2/c1-10-20(28-21(32)14-5-4-12(33-14)8-30-7-3-6-27-30)11(2)31(29-10)9-13-15(22)17(24)19(26)18(25)16(13)23/h3-7H,8-9H2,1-2H3,(H,28,32). The van der Waals surface area contributed by atoms with Gasteiger partial charge in [-0.25, -0.2) is 22.0 Å². The zero-order chi connectivity index (χ0) is 23.9. The highest BCUT2D eigenvalue weighted by atomic mass is 19.2. The molecule has 172 valence electrons. The van der Waals surface area contributed by atoms with Gasteiger partial charge in [-0.05, 0) is 32.0 Å². The van der Waals surface area contributed by atoms with Gasteiger partial charge in [0.25, 0.3) is 5.91 Å². The van der Waals surface area contributed by atoms with Gasteiger partial charge in [-0.15, -0.1) is 0 Å². The van der Waals surface area contributed by atoms with E-state index < -0.39 is 47.1 Å². The van der Waals surface area contributed by atoms with Gasteiger partial charge in [-0.1, -0.05) is 0 Å². The summed E-state index contributed by atoms with van der Waals surface area (Å²) in [4.78, 5) is 12.6. The normalized spacial score (nSPS) is 11.2. The largest absolute Gasteiger partial charge is 0.454 e. The van der Waals surface area contributed by atoms with Crippen LogP contribution in [-0.4, -0.2) is 25.5 Å². The number of aromatic nitrogens is 4. The Morgan fingerprint density at radius 1 is 1.00 bits per heavy atom. The topological polar surface area (TPSA) is 77.9 Å². The number of rotatable bonds is 6. The molecule has 0 saturated heterocycles. The van der Waals surface area contributed by atoms with Crippen molar-refractivity contribution in [1.82, 2.24) is 19.6 Å². The maximum Gasteiger partial charge on any atom is 0.291 e. The summed E-state index contributed by atoms with van der Waals surface area (Å²) in [6, 6.07) is 4.83. The summed E-state index contributed by atoms with van der Waals surface area (Å²) in [5.41, 5.74) is -0.306. The van der Waals surface area contributed by atoms with E-state index in [9.17, 15) is 26.7 Å². The van der Waals surface area contributed by atoms with Crippen molar-refractivity contribution in [3.63, 3.8) is 0 Å². The lowest BCUT2D eigenvalue weighted by atomic mass is 10.1. The van der Waals surface area contributed by atoms with Crippen LogP contribution in [-0.2, 0) is 13.1 Å². The van der Waals surface area contributed by atoms with Crippen LogP contribution in [0.4, 0.5) is 27.6 Å². The molecule has 1 N–H and O–H groups in total. The third-order valence-electron chi connectivity index (χ3n) is 4.99. The lowest BCUT2D eigenvalue weighted by Crippen LogP contribution is -2.14. The fourth-order valence-corrected chi connectivity index (χ4v) is 3.28. The van der Waals surface area contributed by atoms with Gasteiger partial charge in [0.15, 0.2) is 29.0 Å². The molecule has 0 aliphatic heterocycles. The number of carbonyl (C=O) groups excluding carboxylic acids is 1. The van der Waals surface area contributed by atoms with E-state index in [0.29, 0.717) is 12.3 Å². The lowest BCUT2D eigenvalue weighted by molar-refractivity contribution is 0.0994. The van der Waals surface area contributed by atoms with E-state index in [1.165, 1.54) is 19.9 Å². The van der Waals surface area contributed by atoms with Gasteiger partial charge in [0.1, 0.15) is 5.76 Å². The first kappa shape index (κ1) is 22.2. The maximum atomic E-state index is 14.0. The predicted molar refractivity (Wildman–Crippen MR) is 105 cm³/mol. The second-order valence-electron chi connectivity index (χ2n) is 7.18. The first-order valence-corrected chi connectivity index (χ1v) is 9.59. The third-order valence-corrected chi connectivity index (χ3v) is 4.99. The average Bonchev–Trinajstić information content (AvgIpc) is 3.53. The molecule has 0 aliphatic rings. The van der Waals surface area contributed by atoms with Gasteiger partial charge in [0.05, 0.1) is 35.7 Å². The predicted octanol–water partition coefficient (Wildman–Crippen LogP) is 4.33. The first-order valence-electron chi connectivity index (χ1n) is 9.59. The minimum Gasteiger partial charge on any atom is -0.454 e. The molecule has 33 heavy (non-hydrogen) atoms. The molecule has 0 bridgehead atoms. The van der Waals surface area contributed by atoms with Crippen molar-refractivity contribution in [1.29, 1.82) is 0 Å². The van der Waals surface area contributed by atoms with Gasteiger partial charge in [0.2, 0.25) is 5.82 Å². The lowest BCUT2D eigenvalue weighted by Gasteiger charge is -2.10. The fourth-order valence-electron chi connectivity index (χ4n) is 3.28. The zero-order valence-corrected chi connectivity index (χ0v) is 17.3. The van der Waals surface area contributed by atoms with Gasteiger partial charge < -0.3 is 9.73 Å². The summed E-state index contributed by atoms with van der Waals surface area (Å²) in [6.07, 6.45) is 3.33. The highest BCUT2D eigenvalue weighted by Gasteiger charge is 2.27. The minimum absolute atomic E-state index is 0.00321. The van der Waals surface area contributed by atoms with Gasteiger partial charge in [-0.2, -0.15) is 10.2 Å². The van der Waals surface area contributed by atoms with E-state index in [4.69, 9.17) is 4.42 Å². The van der Waals surface area contributed by atoms with E-state index in [1.54, 1.807) is 29.2 Å². The van der Waals surface area contributed by atoms with Crippen molar-refractivity contribution in [2.45, 2.75) is 26.9 Å². The summed E-state index contributed by atoms with van der Waals surface area (Å²) >= 11 is 0. The number of nitrogens with one attached hydrogen (secondary N) is 1. The van der Waals surface area contributed by atoms with Crippen LogP contribution >= 0.6 is 0 Å². The number of halogens is 5. The number of furan rings is 1. The van der Waals surface area contributed by atoms with Gasteiger partial charge in [-0.3, -0.25) is 14.2 Å². The van der Waals surface area contributed by atoms with Crippen molar-refractivity contribution < 1.29 is 31.2 Å². The first-order chi connectivity index (χ1) is 15.7. The molecule has 0 saturated carbocycles. The van der Waals surface area contributed by atoms with Crippen LogP contribution in [0.15, 0.2) is 35.0 Å². The number of aryl methyl sites for hydroxylation is 1. The van der Waals surface area contributed by atoms with Crippen molar-refractivity contribution in [2.24, 2.45) is 0 Å². The quantitative estimate of drug-likeness (QED) is 0.261. The van der Waals surface area contributed by atoms with E-state index in [1.807, 2.05) is 0 Å². The number of hydrogen-bond acceptors (Lipinski definition) is 4. The highest BCUT2D eigenvalue weighted by Crippen LogP contribution is 2.26. The summed E-state index contributed by atoms with van der Waals surface area (Å²) in [5.74, 6) is -10.3. The van der Waals surface area contributed by atoms with Crippen molar-refractivity contribution >= 4 is 11.6 Å². The highest BCUT2D eigenvalue weighted by molar-refractivity contribution is 6.02. The van der Waals surface area contributed by atoms with Crippen molar-refractivity contribution in [3.8, 4) is 0 Å². The summed E-state index contributed by atoms with van der Waals surface area (Å²) in [5, 5.41) is 10.7. The molecule has 3 heterocycles. The van der Waals surface area contributed by atoms with Crippen LogP contribution in [0.3, 0.4) is 0 Å². The molecule has 1 amide bonds. The zero-order valence-electron chi connectivity index (χ0n) is 17.3. The molecule has 0 fully saturated rings. The Labute approximate surface area is 183 Å². The minimum atomic E-state index is -2.24. The smallest absolute Gasteiger partial charge is 0.291 e. The third kappa shape index (κ3) is 4.11. The molecule has 0 spiro atoms. The summed E-state index contributed by atoms with van der Waals surface area (Å²) in [6.45, 7) is 2.58. The number of hydrogen-bond donors (Lipinski definition) is 1. The van der Waals surface area contributed by atoms with Crippen LogP contribution in [0.2, 0.25) is 0 Å². The Hall–Kier alpha value is -3.96. The SMILES string of the molecule is Cc1nn(Cc2c(F)c(F)c(F)c(F)c2F)c(C)c1NC(=O)c1ccc(Cn2cccn2)o1. The average molecular weight is 465 g/mol. The molecular weight excluding hydrogens is 449 g/mol. The second-order valence-corrected chi connectivity index (χ2v) is 7.18. The maximum absolute atomic E-state index is 14.0. The molecule has 4 rings (SSSR count). The number of anilines is 1. The Kier molecular flexibility index (Phi) is 5.75. The molecule has 7 nitrogen and oxygen atoms in total. The van der Waals surface area contributed by atoms with Crippen LogP contribution in [0, 0.1) is 42.9 Å². The number of benzene rings is 1. The number of amides is 1. The van der Waals surface area contributed by atoms with Gasteiger partial charge in [0, 0.05) is 12.4 Å². The van der Waals surface area contributed by atoms with Crippen LogP contribution in [0.25, 0.3) is 0 Å². The Bertz CT molecular complexity index is 1310. The van der Waals surface area contributed by atoms with Crippen LogP contribution in [0.5, 0.6) is 0 Å². The molecule has 0 radical (unpaired) electrons. The van der Waals surface area contributed by atoms with E-state index in [0.717, 1.165) is 4.68 Å². The van der Waals surface area contributed by atoms with Gasteiger partial charge >= 0.3 is 0 Å². The van der Waals surface area contributed by atoms with Crippen LogP contribution < -0.4 is 5.32 Å². The van der Waals surface area contributed by atoms with Crippen molar-refractivity contribution in [2.75, 3.05) is 5.32 Å². The second kappa shape index (κ2) is 8.52. The van der Waals surface area contributed by atoms with E-state index in [2.05, 4.69) is 15.5 Å². The Morgan fingerprint density at radius 3 is 2.30 bits per heavy atom. The number of nitrogens with zero attached hydrogens (tertiary/aromatic N) is 4. The Morgan fingerprint density at radius 2 is 1.67 bits per heavy atom. The van der Waals surface area contributed by atoms with Crippen LogP contribution in [0.1, 0.15) is 33.3 Å². The molecule has 3 aromatic heterocycles. The van der Waals surface area contributed by atoms with Crippen molar-refractivity contribution in [3.05, 3.63) is 88.2 Å². The summed E-state index contributed by atoms with van der Waals surface area (Å²) < 4.78 is 76.6. The number of carbonyl (C=O) groups is 1. The Balaban J connectivity index is 1.55. The molecule has 12 heteroatoms. The molecule has 0 unspecified atom stereocenters. The fraction of sp³-hybridized carbons (Fsp3) is 0.190. The molecular formula is C21H16F5N5O2. The summed E-state index contributed by atoms with van der Waals surface area (Å²) in [7, 11) is 0. The molecule has 0 atom stereocenters. The molecule has 1 aromatic carbocycles.